The third-order valence-electron chi connectivity index (χ3n) is 4.50. The molecule has 0 aliphatic rings. The van der Waals surface area contributed by atoms with Crippen LogP contribution in [0.4, 0.5) is 0 Å². The SMILES string of the molecule is CC(N)C(=O)NC(C(=O)NC(CCC(=O)O)C(=O)NC(CCCCN)C(=O)O)C(C)C. The van der Waals surface area contributed by atoms with E-state index in [1.54, 1.807) is 13.8 Å². The highest BCUT2D eigenvalue weighted by Gasteiger charge is 2.31. The Bertz CT molecular complexity index is 639. The van der Waals surface area contributed by atoms with Gasteiger partial charge in [0.25, 0.3) is 0 Å². The molecule has 0 aromatic heterocycles. The first-order valence-electron chi connectivity index (χ1n) is 10.2. The maximum absolute atomic E-state index is 12.7. The standard InChI is InChI=1S/C19H35N5O7/c1-10(2)15(24-16(27)11(3)21)18(29)22-12(7-8-14(25)26)17(28)23-13(19(30)31)6-4-5-9-20/h10-13,15H,4-9,20-21H2,1-3H3,(H,22,29)(H,23,28)(H,24,27)(H,25,26)(H,30,31). The first kappa shape index (κ1) is 28.3. The summed E-state index contributed by atoms with van der Waals surface area (Å²) in [5.41, 5.74) is 10.9. The van der Waals surface area contributed by atoms with Gasteiger partial charge in [0, 0.05) is 6.42 Å². The van der Waals surface area contributed by atoms with Gasteiger partial charge in [-0.05, 0) is 45.1 Å². The van der Waals surface area contributed by atoms with Crippen molar-refractivity contribution in [3.63, 3.8) is 0 Å². The minimum absolute atomic E-state index is 0.136. The second-order valence-corrected chi connectivity index (χ2v) is 7.70. The third-order valence-corrected chi connectivity index (χ3v) is 4.50. The number of hydrogen-bond acceptors (Lipinski definition) is 7. The number of unbranched alkanes of at least 4 members (excludes halogenated alkanes) is 1. The van der Waals surface area contributed by atoms with Gasteiger partial charge in [-0.2, -0.15) is 0 Å². The predicted octanol–water partition coefficient (Wildman–Crippen LogP) is -1.48. The second-order valence-electron chi connectivity index (χ2n) is 7.70. The molecule has 0 saturated carbocycles. The molecule has 0 radical (unpaired) electrons. The fraction of sp³-hybridized carbons (Fsp3) is 0.737. The van der Waals surface area contributed by atoms with Crippen molar-refractivity contribution in [3.8, 4) is 0 Å². The molecule has 0 fully saturated rings. The monoisotopic (exact) mass is 445 g/mol. The molecule has 0 heterocycles. The topological polar surface area (TPSA) is 214 Å². The first-order chi connectivity index (χ1) is 14.4. The summed E-state index contributed by atoms with van der Waals surface area (Å²) in [6.45, 7) is 5.18. The molecule has 12 heteroatoms. The molecular weight excluding hydrogens is 410 g/mol. The van der Waals surface area contributed by atoms with E-state index >= 15 is 0 Å². The van der Waals surface area contributed by atoms with Crippen molar-refractivity contribution < 1.29 is 34.2 Å². The maximum Gasteiger partial charge on any atom is 0.326 e. The zero-order valence-electron chi connectivity index (χ0n) is 18.2. The number of carboxylic acid groups (broad SMARTS) is 2. The molecule has 9 N–H and O–H groups in total. The van der Waals surface area contributed by atoms with Crippen LogP contribution in [0.15, 0.2) is 0 Å². The molecule has 31 heavy (non-hydrogen) atoms. The van der Waals surface area contributed by atoms with Gasteiger partial charge in [0.05, 0.1) is 6.04 Å². The van der Waals surface area contributed by atoms with Gasteiger partial charge in [0.2, 0.25) is 17.7 Å². The number of rotatable bonds is 15. The van der Waals surface area contributed by atoms with Crippen molar-refractivity contribution in [2.45, 2.75) is 77.0 Å². The molecular formula is C19H35N5O7. The molecule has 0 aromatic carbocycles. The van der Waals surface area contributed by atoms with Crippen molar-refractivity contribution >= 4 is 29.7 Å². The summed E-state index contributed by atoms with van der Waals surface area (Å²) in [5.74, 6) is -4.88. The van der Waals surface area contributed by atoms with Crippen molar-refractivity contribution in [2.75, 3.05) is 6.54 Å². The quantitative estimate of drug-likeness (QED) is 0.146. The molecule has 4 unspecified atom stereocenters. The van der Waals surface area contributed by atoms with Crippen LogP contribution in [0, 0.1) is 5.92 Å². The average Bonchev–Trinajstić information content (AvgIpc) is 2.67. The lowest BCUT2D eigenvalue weighted by atomic mass is 10.0. The fourth-order valence-electron chi connectivity index (χ4n) is 2.64. The summed E-state index contributed by atoms with van der Waals surface area (Å²) in [4.78, 5) is 59.6. The summed E-state index contributed by atoms with van der Waals surface area (Å²) in [6.07, 6.45) is 0.500. The first-order valence-corrected chi connectivity index (χ1v) is 10.2. The highest BCUT2D eigenvalue weighted by Crippen LogP contribution is 2.07. The smallest absolute Gasteiger partial charge is 0.326 e. The Hall–Kier alpha value is -2.73. The highest BCUT2D eigenvalue weighted by molar-refractivity contribution is 5.94. The number of nitrogens with two attached hydrogens (primary N) is 2. The highest BCUT2D eigenvalue weighted by atomic mass is 16.4. The van der Waals surface area contributed by atoms with E-state index in [0.717, 1.165) is 0 Å². The zero-order valence-corrected chi connectivity index (χ0v) is 18.2. The molecule has 0 bridgehead atoms. The number of carbonyl (C=O) groups excluding carboxylic acids is 3. The van der Waals surface area contributed by atoms with Crippen LogP contribution < -0.4 is 27.4 Å². The van der Waals surface area contributed by atoms with Gasteiger partial charge in [-0.25, -0.2) is 4.79 Å². The van der Waals surface area contributed by atoms with Crippen LogP contribution in [0.3, 0.4) is 0 Å². The van der Waals surface area contributed by atoms with Crippen LogP contribution in [0.1, 0.15) is 52.9 Å². The summed E-state index contributed by atoms with van der Waals surface area (Å²) in [7, 11) is 0. The largest absolute Gasteiger partial charge is 0.481 e. The minimum atomic E-state index is -1.30. The van der Waals surface area contributed by atoms with Gasteiger partial charge in [-0.1, -0.05) is 13.8 Å². The molecule has 0 saturated heterocycles. The second kappa shape index (κ2) is 14.3. The number of carboxylic acids is 2. The van der Waals surface area contributed by atoms with Crippen molar-refractivity contribution in [3.05, 3.63) is 0 Å². The van der Waals surface area contributed by atoms with Gasteiger partial charge in [0.1, 0.15) is 18.1 Å². The number of carbonyl (C=O) groups is 5. The number of amides is 3. The molecule has 0 rings (SSSR count). The van der Waals surface area contributed by atoms with E-state index in [-0.39, 0.29) is 18.8 Å². The van der Waals surface area contributed by atoms with Crippen LogP contribution in [0.25, 0.3) is 0 Å². The van der Waals surface area contributed by atoms with Crippen LogP contribution in [-0.2, 0) is 24.0 Å². The molecule has 3 amide bonds. The third kappa shape index (κ3) is 11.3. The van der Waals surface area contributed by atoms with Gasteiger partial charge in [-0.3, -0.25) is 19.2 Å². The van der Waals surface area contributed by atoms with E-state index in [1.807, 2.05) is 0 Å². The van der Waals surface area contributed by atoms with Crippen molar-refractivity contribution in [2.24, 2.45) is 17.4 Å². The van der Waals surface area contributed by atoms with Crippen LogP contribution in [0.2, 0.25) is 0 Å². The molecule has 0 aromatic rings. The number of hydrogen-bond donors (Lipinski definition) is 7. The Kier molecular flexibility index (Phi) is 13.0. The summed E-state index contributed by atoms with van der Waals surface area (Å²) >= 11 is 0. The summed E-state index contributed by atoms with van der Waals surface area (Å²) in [5, 5.41) is 25.5. The molecule has 12 nitrogen and oxygen atoms in total. The lowest BCUT2D eigenvalue weighted by Gasteiger charge is -2.26. The van der Waals surface area contributed by atoms with Gasteiger partial charge >= 0.3 is 11.9 Å². The lowest BCUT2D eigenvalue weighted by Crippen LogP contribution is -2.58. The Morgan fingerprint density at radius 3 is 1.84 bits per heavy atom. The molecule has 0 spiro atoms. The van der Waals surface area contributed by atoms with E-state index < -0.39 is 60.2 Å². The Morgan fingerprint density at radius 2 is 1.39 bits per heavy atom. The Balaban J connectivity index is 5.38. The minimum Gasteiger partial charge on any atom is -0.481 e. The lowest BCUT2D eigenvalue weighted by molar-refractivity contribution is -0.143. The van der Waals surface area contributed by atoms with E-state index in [0.29, 0.717) is 19.4 Å². The van der Waals surface area contributed by atoms with Gasteiger partial charge < -0.3 is 37.6 Å². The van der Waals surface area contributed by atoms with Crippen LogP contribution in [-0.4, -0.2) is 70.6 Å². The predicted molar refractivity (Wildman–Crippen MR) is 112 cm³/mol. The Labute approximate surface area is 181 Å². The van der Waals surface area contributed by atoms with Gasteiger partial charge in [-0.15, -0.1) is 0 Å². The summed E-state index contributed by atoms with van der Waals surface area (Å²) in [6, 6.07) is -4.38. The van der Waals surface area contributed by atoms with Crippen LogP contribution in [0.5, 0.6) is 0 Å². The van der Waals surface area contributed by atoms with E-state index in [9.17, 15) is 29.1 Å². The Morgan fingerprint density at radius 1 is 0.806 bits per heavy atom. The van der Waals surface area contributed by atoms with Gasteiger partial charge in [0.15, 0.2) is 0 Å². The summed E-state index contributed by atoms with van der Waals surface area (Å²) < 4.78 is 0. The van der Waals surface area contributed by atoms with E-state index in [2.05, 4.69) is 16.0 Å². The maximum atomic E-state index is 12.7. The normalized spacial score (nSPS) is 14.8. The van der Waals surface area contributed by atoms with Crippen molar-refractivity contribution in [1.82, 2.24) is 16.0 Å². The average molecular weight is 446 g/mol. The number of aliphatic carboxylic acids is 2. The fourth-order valence-corrected chi connectivity index (χ4v) is 2.64. The molecule has 0 aliphatic carbocycles. The van der Waals surface area contributed by atoms with E-state index in [4.69, 9.17) is 16.6 Å². The van der Waals surface area contributed by atoms with Crippen LogP contribution >= 0.6 is 0 Å². The molecule has 0 aliphatic heterocycles. The molecule has 4 atom stereocenters. The molecule has 178 valence electrons. The van der Waals surface area contributed by atoms with E-state index in [1.165, 1.54) is 6.92 Å². The number of nitrogens with one attached hydrogen (secondary N) is 3. The van der Waals surface area contributed by atoms with Crippen molar-refractivity contribution in [1.29, 1.82) is 0 Å². The zero-order chi connectivity index (χ0) is 24.1.